The van der Waals surface area contributed by atoms with Gasteiger partial charge in [-0.25, -0.2) is 0 Å². The molecule has 8 aliphatic rings. The Morgan fingerprint density at radius 1 is 0.215 bits per heavy atom. The van der Waals surface area contributed by atoms with E-state index in [1.54, 1.807) is 24.3 Å². The van der Waals surface area contributed by atoms with Crippen molar-refractivity contribution < 1.29 is 219 Å². The summed E-state index contributed by atoms with van der Waals surface area (Å²) in [5.74, 6) is 0. The van der Waals surface area contributed by atoms with Crippen molar-refractivity contribution in [3.05, 3.63) is 35.4 Å². The standard InChI is InChI=1S/C86H150O44/c1-3-5-7-9-11-13-15-17-19-21-27-85(39-115-77-69(111)61(103)73(49(35-91)123-77)127-81-65(107)57(99)53(95)45(31-87)119-81,40-116-78-70(112)62(104)74(50(36-92)124-78)128-82-66(108)58(100)54(96)46(32-88)120-82)29-43-23-25-44(26-24-43)30-86(28-22-20-18-16-14-12-10-8-6-4-2,41-117-79-71(113)63(105)75(51(37-93)125-79)129-83-67(109)59(101)55(97)47(33-89)121-83)42-118-80-72(114)64(106)76(52(38-94)126-80)130-84-68(110)60(102)56(98)48(34-90)122-84/h23-26,45-84,87-114H,3-22,27-42H2,1-2H3/t45?,46?,47?,48?,49?,50?,51?,52?,53-,54-,55-,56-,57+,58+,59+,60+,61-,62-,63-,64-,65?,66?,67?,68?,69?,70?,71?,72?,73-,74-,75-,76-,77-,78-,79-,80-,81-,82+,83+,84+,85?,86?/m1/s1. The van der Waals surface area contributed by atoms with E-state index in [-0.39, 0.29) is 25.7 Å². The van der Waals surface area contributed by atoms with Gasteiger partial charge in [0.1, 0.15) is 195 Å². The van der Waals surface area contributed by atoms with Crippen LogP contribution in [0.1, 0.15) is 166 Å². The Morgan fingerprint density at radius 2 is 0.392 bits per heavy atom. The van der Waals surface area contributed by atoms with Gasteiger partial charge in [0.05, 0.1) is 79.3 Å². The minimum atomic E-state index is -2.05. The molecule has 0 amide bonds. The largest absolute Gasteiger partial charge is 0.394 e. The molecule has 28 N–H and O–H groups in total. The Morgan fingerprint density at radius 3 is 0.585 bits per heavy atom. The van der Waals surface area contributed by atoms with E-state index in [0.717, 1.165) is 103 Å². The quantitative estimate of drug-likeness (QED) is 0.0269. The molecule has 0 bridgehead atoms. The van der Waals surface area contributed by atoms with Crippen LogP contribution in [0.2, 0.25) is 0 Å². The molecule has 9 rings (SSSR count). The van der Waals surface area contributed by atoms with E-state index in [4.69, 9.17) is 75.8 Å². The highest BCUT2D eigenvalue weighted by Crippen LogP contribution is 2.42. The highest BCUT2D eigenvalue weighted by atomic mass is 16.8. The fraction of sp³-hybridized carbons (Fsp3) is 0.930. The van der Waals surface area contributed by atoms with Crippen molar-refractivity contribution in [3.8, 4) is 0 Å². The molecule has 758 valence electrons. The first-order chi connectivity index (χ1) is 62.3. The molecule has 44 heteroatoms. The molecule has 1 aromatic rings. The van der Waals surface area contributed by atoms with Crippen LogP contribution in [0.3, 0.4) is 0 Å². The zero-order valence-electron chi connectivity index (χ0n) is 73.9. The summed E-state index contributed by atoms with van der Waals surface area (Å²) in [6.07, 6.45) is -55.4. The number of unbranched alkanes of at least 4 members (excludes halogenated alkanes) is 18. The van der Waals surface area contributed by atoms with Crippen LogP contribution in [0.4, 0.5) is 0 Å². The summed E-state index contributed by atoms with van der Waals surface area (Å²) in [5.41, 5.74) is -1.76. The normalized spacial score (nSPS) is 41.5. The summed E-state index contributed by atoms with van der Waals surface area (Å²) in [4.78, 5) is 0. The summed E-state index contributed by atoms with van der Waals surface area (Å²) in [5, 5.41) is 308. The monoisotopic (exact) mass is 1890 g/mol. The van der Waals surface area contributed by atoms with Gasteiger partial charge >= 0.3 is 0 Å². The number of hydrogen-bond donors (Lipinski definition) is 28. The smallest absolute Gasteiger partial charge is 0.187 e. The fourth-order valence-corrected chi connectivity index (χ4v) is 18.2. The van der Waals surface area contributed by atoms with E-state index >= 15 is 0 Å². The van der Waals surface area contributed by atoms with Crippen molar-refractivity contribution in [3.63, 3.8) is 0 Å². The van der Waals surface area contributed by atoms with Crippen molar-refractivity contribution in [1.29, 1.82) is 0 Å². The maximum Gasteiger partial charge on any atom is 0.187 e. The molecule has 17 unspecified atom stereocenters. The number of aliphatic hydroxyl groups excluding tert-OH is 28. The Hall–Kier alpha value is -2.54. The fourth-order valence-electron chi connectivity index (χ4n) is 18.2. The van der Waals surface area contributed by atoms with E-state index in [2.05, 4.69) is 13.8 Å². The Bertz CT molecular complexity index is 2870. The van der Waals surface area contributed by atoms with Crippen LogP contribution in [0.25, 0.3) is 0 Å². The third kappa shape index (κ3) is 28.9. The summed E-state index contributed by atoms with van der Waals surface area (Å²) in [6.45, 7) is -4.90. The van der Waals surface area contributed by atoms with Gasteiger partial charge < -0.3 is 219 Å². The van der Waals surface area contributed by atoms with Crippen molar-refractivity contribution in [2.45, 2.75) is 414 Å². The molecule has 0 radical (unpaired) electrons. The lowest BCUT2D eigenvalue weighted by Crippen LogP contribution is -2.65. The van der Waals surface area contributed by atoms with Gasteiger partial charge in [-0.1, -0.05) is 167 Å². The lowest BCUT2D eigenvalue weighted by atomic mass is 9.76. The van der Waals surface area contributed by atoms with Gasteiger partial charge in [-0.3, -0.25) is 0 Å². The van der Waals surface area contributed by atoms with Crippen molar-refractivity contribution in [2.24, 2.45) is 10.8 Å². The van der Waals surface area contributed by atoms with Crippen LogP contribution in [-0.2, 0) is 88.6 Å². The molecule has 44 nitrogen and oxygen atoms in total. The van der Waals surface area contributed by atoms with E-state index in [0.29, 0.717) is 36.8 Å². The summed E-state index contributed by atoms with van der Waals surface area (Å²) >= 11 is 0. The van der Waals surface area contributed by atoms with Gasteiger partial charge in [-0.2, -0.15) is 0 Å². The van der Waals surface area contributed by atoms with E-state index in [1.807, 2.05) is 0 Å². The van der Waals surface area contributed by atoms with E-state index in [1.165, 1.54) is 0 Å². The molecule has 0 saturated carbocycles. The van der Waals surface area contributed by atoms with Gasteiger partial charge in [0, 0.05) is 10.8 Å². The van der Waals surface area contributed by atoms with Gasteiger partial charge in [-0.05, 0) is 36.8 Å². The Balaban J connectivity index is 1.07. The van der Waals surface area contributed by atoms with E-state index in [9.17, 15) is 143 Å². The van der Waals surface area contributed by atoms with Crippen LogP contribution in [-0.4, -0.2) is 468 Å². The van der Waals surface area contributed by atoms with Crippen LogP contribution < -0.4 is 0 Å². The van der Waals surface area contributed by atoms with E-state index < -0.39 is 336 Å². The van der Waals surface area contributed by atoms with Crippen LogP contribution in [0, 0.1) is 10.8 Å². The predicted molar refractivity (Wildman–Crippen MR) is 441 cm³/mol. The Labute approximate surface area is 755 Å². The first-order valence-corrected chi connectivity index (χ1v) is 46.2. The number of benzene rings is 1. The van der Waals surface area contributed by atoms with Crippen molar-refractivity contribution in [1.82, 2.24) is 0 Å². The average Bonchev–Trinajstić information content (AvgIpc) is 0.795. The lowest BCUT2D eigenvalue weighted by Gasteiger charge is -2.47. The van der Waals surface area contributed by atoms with Crippen LogP contribution >= 0.6 is 0 Å². The van der Waals surface area contributed by atoms with Gasteiger partial charge in [-0.15, -0.1) is 0 Å². The zero-order valence-corrected chi connectivity index (χ0v) is 73.9. The maximum absolute atomic E-state index is 12.0. The van der Waals surface area contributed by atoms with Gasteiger partial charge in [0.15, 0.2) is 50.3 Å². The molecule has 8 heterocycles. The summed E-state index contributed by atoms with van der Waals surface area (Å²) < 4.78 is 96.6. The minimum Gasteiger partial charge on any atom is -0.394 e. The molecule has 1 aromatic carbocycles. The summed E-state index contributed by atoms with van der Waals surface area (Å²) in [7, 11) is 0. The first kappa shape index (κ1) is 111. The second-order valence-electron chi connectivity index (χ2n) is 36.3. The molecule has 130 heavy (non-hydrogen) atoms. The topological polar surface area (TPSA) is 714 Å². The zero-order chi connectivity index (χ0) is 94.8. The first-order valence-electron chi connectivity index (χ1n) is 46.2. The van der Waals surface area contributed by atoms with Gasteiger partial charge in [0.25, 0.3) is 0 Å². The molecule has 0 aliphatic carbocycles. The number of aliphatic hydroxyl groups is 28. The molecular formula is C86H150O44. The SMILES string of the molecule is CCCCCCCCCCCCC(CO[C@@H]1OC(CO)[C@@H](O[C@H]2OC(CO)[C@@H](O)[C@H](O)C2O)[C@H](O)C1O)(CO[C@@H]1OC(CO)[C@@H](O[C@@H]2OC(CO)[C@@H](O)[C@H](O)C2O)[C@H](O)C1O)Cc1ccc(CC(CCCCCCCCCCCC)(CO[C@@H]2OC(CO)[C@@H](O[C@@H]3OC(CO)[C@@H](O)[C@H](O)C3O)[C@H](O)C2O)CO[C@@H]2OC(CO)[C@@H](O[C@@H]3OC(CO)[C@@H](O)[C@H](O)C3O)[C@H](O)C2O)cc1. The molecule has 0 aromatic heterocycles. The van der Waals surface area contributed by atoms with Crippen LogP contribution in [0.5, 0.6) is 0 Å². The molecule has 8 fully saturated rings. The highest BCUT2D eigenvalue weighted by Gasteiger charge is 2.58. The third-order valence-corrected chi connectivity index (χ3v) is 26.4. The lowest BCUT2D eigenvalue weighted by molar-refractivity contribution is -0.365. The van der Waals surface area contributed by atoms with Crippen molar-refractivity contribution in [2.75, 3.05) is 79.3 Å². The number of ether oxygens (including phenoxy) is 16. The van der Waals surface area contributed by atoms with Crippen molar-refractivity contribution >= 4 is 0 Å². The number of rotatable bonds is 54. The second-order valence-corrected chi connectivity index (χ2v) is 36.3. The highest BCUT2D eigenvalue weighted by molar-refractivity contribution is 5.25. The average molecular weight is 1890 g/mol. The Kier molecular flexibility index (Phi) is 46.4. The third-order valence-electron chi connectivity index (χ3n) is 26.4. The molecule has 8 aliphatic heterocycles. The molecular weight excluding hydrogens is 1740 g/mol. The minimum absolute atomic E-state index is 0.0609. The van der Waals surface area contributed by atoms with Gasteiger partial charge in [0.2, 0.25) is 0 Å². The molecule has 8 saturated heterocycles. The number of hydrogen-bond acceptors (Lipinski definition) is 44. The molecule has 0 spiro atoms. The molecule has 41 atom stereocenters. The van der Waals surface area contributed by atoms with Crippen LogP contribution in [0.15, 0.2) is 24.3 Å². The maximum atomic E-state index is 12.0. The second kappa shape index (κ2) is 54.3. The predicted octanol–water partition coefficient (Wildman–Crippen LogP) is -8.07. The summed E-state index contributed by atoms with van der Waals surface area (Å²) in [6, 6.07) is 6.96.